The average Bonchev–Trinajstić information content (AvgIpc) is 3.17. The first-order valence-electron chi connectivity index (χ1n) is 9.80. The molecule has 2 aliphatic rings. The smallest absolute Gasteiger partial charge is 0.225 e. The highest BCUT2D eigenvalue weighted by molar-refractivity contribution is 5.76. The molecule has 0 spiro atoms. The third-order valence-electron chi connectivity index (χ3n) is 5.78. The van der Waals surface area contributed by atoms with Gasteiger partial charge in [-0.3, -0.25) is 9.69 Å². The minimum absolute atomic E-state index is 0.252. The third kappa shape index (κ3) is 3.95. The quantitative estimate of drug-likeness (QED) is 0.813. The molecule has 1 aromatic carbocycles. The van der Waals surface area contributed by atoms with Crippen molar-refractivity contribution in [3.8, 4) is 0 Å². The van der Waals surface area contributed by atoms with E-state index in [1.165, 1.54) is 11.1 Å². The average molecular weight is 365 g/mol. The van der Waals surface area contributed by atoms with Gasteiger partial charge in [-0.1, -0.05) is 24.3 Å². The van der Waals surface area contributed by atoms with Gasteiger partial charge in [0.2, 0.25) is 11.9 Å². The van der Waals surface area contributed by atoms with Crippen molar-refractivity contribution in [3.05, 3.63) is 53.9 Å². The number of fused-ring (bicyclic) bond motifs is 1. The van der Waals surface area contributed by atoms with Crippen molar-refractivity contribution in [2.24, 2.45) is 0 Å². The van der Waals surface area contributed by atoms with Crippen LogP contribution in [0.15, 0.2) is 42.7 Å². The van der Waals surface area contributed by atoms with Crippen LogP contribution in [0.4, 0.5) is 5.95 Å². The third-order valence-corrected chi connectivity index (χ3v) is 5.78. The Balaban J connectivity index is 1.26. The molecule has 1 aliphatic carbocycles. The van der Waals surface area contributed by atoms with Gasteiger partial charge in [0.1, 0.15) is 0 Å². The van der Waals surface area contributed by atoms with Crippen LogP contribution in [0, 0.1) is 0 Å². The zero-order valence-electron chi connectivity index (χ0n) is 15.9. The number of hydrogen-bond acceptors (Lipinski definition) is 5. The summed E-state index contributed by atoms with van der Waals surface area (Å²) in [4.78, 5) is 27.7. The Morgan fingerprint density at radius 2 is 1.85 bits per heavy atom. The van der Waals surface area contributed by atoms with Crippen LogP contribution in [0.1, 0.15) is 30.0 Å². The number of hydrogen-bond donors (Lipinski definition) is 0. The monoisotopic (exact) mass is 365 g/mol. The van der Waals surface area contributed by atoms with Crippen LogP contribution in [-0.2, 0) is 11.2 Å². The van der Waals surface area contributed by atoms with Gasteiger partial charge < -0.3 is 9.80 Å². The fourth-order valence-electron chi connectivity index (χ4n) is 4.19. The first-order valence-corrected chi connectivity index (χ1v) is 9.80. The highest BCUT2D eigenvalue weighted by Crippen LogP contribution is 2.34. The Morgan fingerprint density at radius 1 is 1.11 bits per heavy atom. The predicted molar refractivity (Wildman–Crippen MR) is 106 cm³/mol. The maximum atomic E-state index is 12.7. The molecule has 0 bridgehead atoms. The number of rotatable bonds is 5. The van der Waals surface area contributed by atoms with Crippen LogP contribution in [0.3, 0.4) is 0 Å². The number of amides is 1. The largest absolute Gasteiger partial charge is 0.339 e. The molecule has 1 atom stereocenters. The molecular formula is C21H27N5O. The first-order chi connectivity index (χ1) is 13.2. The number of aromatic nitrogens is 2. The second-order valence-electron chi connectivity index (χ2n) is 7.40. The molecule has 1 amide bonds. The van der Waals surface area contributed by atoms with Crippen LogP contribution in [0.5, 0.6) is 0 Å². The molecular weight excluding hydrogens is 338 g/mol. The van der Waals surface area contributed by atoms with E-state index in [4.69, 9.17) is 0 Å². The minimum Gasteiger partial charge on any atom is -0.339 e. The summed E-state index contributed by atoms with van der Waals surface area (Å²) in [5.74, 6) is 1.01. The van der Waals surface area contributed by atoms with Gasteiger partial charge >= 0.3 is 0 Å². The zero-order valence-corrected chi connectivity index (χ0v) is 15.9. The fraction of sp³-hybridized carbons (Fsp3) is 0.476. The van der Waals surface area contributed by atoms with Crippen molar-refractivity contribution >= 4 is 11.9 Å². The normalized spacial score (nSPS) is 19.4. The highest BCUT2D eigenvalue weighted by Gasteiger charge is 2.27. The summed E-state index contributed by atoms with van der Waals surface area (Å²) in [6, 6.07) is 11.0. The van der Waals surface area contributed by atoms with E-state index < -0.39 is 0 Å². The van der Waals surface area contributed by atoms with Crippen LogP contribution in [-0.4, -0.2) is 65.4 Å². The molecule has 2 aromatic rings. The lowest BCUT2D eigenvalue weighted by Crippen LogP contribution is -2.49. The molecule has 142 valence electrons. The maximum Gasteiger partial charge on any atom is 0.225 e. The molecule has 4 rings (SSSR count). The van der Waals surface area contributed by atoms with Crippen LogP contribution in [0.25, 0.3) is 0 Å². The van der Waals surface area contributed by atoms with E-state index in [9.17, 15) is 4.79 Å². The van der Waals surface area contributed by atoms with E-state index in [1.54, 1.807) is 12.4 Å². The number of anilines is 1. The van der Waals surface area contributed by atoms with E-state index in [2.05, 4.69) is 51.1 Å². The van der Waals surface area contributed by atoms with Crippen molar-refractivity contribution in [1.82, 2.24) is 19.8 Å². The summed E-state index contributed by atoms with van der Waals surface area (Å²) >= 11 is 0. The lowest BCUT2D eigenvalue weighted by Gasteiger charge is -2.35. The van der Waals surface area contributed by atoms with Crippen molar-refractivity contribution < 1.29 is 4.79 Å². The molecule has 1 fully saturated rings. The Bertz CT molecular complexity index is 773. The van der Waals surface area contributed by atoms with Gasteiger partial charge in [0.05, 0.1) is 0 Å². The standard InChI is InChI=1S/C21H27N5O/c1-24(19-8-7-17-5-2-3-6-18(17)19)12-9-20(27)25-13-15-26(16-14-25)21-22-10-4-11-23-21/h2-6,10-11,19H,7-9,12-16H2,1H3. The molecule has 6 heteroatoms. The van der Waals surface area contributed by atoms with E-state index >= 15 is 0 Å². The highest BCUT2D eigenvalue weighted by atomic mass is 16.2. The number of piperazine rings is 1. The lowest BCUT2D eigenvalue weighted by molar-refractivity contribution is -0.131. The molecule has 0 radical (unpaired) electrons. The molecule has 1 aliphatic heterocycles. The van der Waals surface area contributed by atoms with Crippen molar-refractivity contribution in [2.45, 2.75) is 25.3 Å². The molecule has 1 saturated heterocycles. The van der Waals surface area contributed by atoms with Gasteiger partial charge in [-0.15, -0.1) is 0 Å². The number of carbonyl (C=O) groups excluding carboxylic acids is 1. The van der Waals surface area contributed by atoms with E-state index in [-0.39, 0.29) is 5.91 Å². The van der Waals surface area contributed by atoms with E-state index in [0.29, 0.717) is 12.5 Å². The predicted octanol–water partition coefficient (Wildman–Crippen LogP) is 2.13. The molecule has 1 aromatic heterocycles. The zero-order chi connectivity index (χ0) is 18.6. The summed E-state index contributed by atoms with van der Waals surface area (Å²) in [6.45, 7) is 3.88. The molecule has 0 saturated carbocycles. The minimum atomic E-state index is 0.252. The first kappa shape index (κ1) is 17.9. The fourth-order valence-corrected chi connectivity index (χ4v) is 4.19. The second-order valence-corrected chi connectivity index (χ2v) is 7.40. The van der Waals surface area contributed by atoms with Crippen LogP contribution < -0.4 is 4.90 Å². The number of carbonyl (C=O) groups is 1. The topological polar surface area (TPSA) is 52.6 Å². The van der Waals surface area contributed by atoms with Gasteiger partial charge in [-0.2, -0.15) is 0 Å². The Morgan fingerprint density at radius 3 is 2.63 bits per heavy atom. The van der Waals surface area contributed by atoms with Gasteiger partial charge in [0.15, 0.2) is 0 Å². The molecule has 1 unspecified atom stereocenters. The van der Waals surface area contributed by atoms with Crippen molar-refractivity contribution in [3.63, 3.8) is 0 Å². The Hall–Kier alpha value is -2.47. The number of nitrogens with zero attached hydrogens (tertiary/aromatic N) is 5. The number of benzene rings is 1. The molecule has 6 nitrogen and oxygen atoms in total. The molecule has 0 N–H and O–H groups in total. The molecule has 2 heterocycles. The van der Waals surface area contributed by atoms with Gasteiger partial charge in [0.25, 0.3) is 0 Å². The van der Waals surface area contributed by atoms with Gasteiger partial charge in [-0.25, -0.2) is 9.97 Å². The lowest BCUT2D eigenvalue weighted by atomic mass is 10.1. The maximum absolute atomic E-state index is 12.7. The van der Waals surface area contributed by atoms with Gasteiger partial charge in [0, 0.05) is 57.6 Å². The summed E-state index contributed by atoms with van der Waals surface area (Å²) in [5.41, 5.74) is 2.89. The second kappa shape index (κ2) is 8.05. The summed E-state index contributed by atoms with van der Waals surface area (Å²) in [5, 5.41) is 0. The SMILES string of the molecule is CN(CCC(=O)N1CCN(c2ncccn2)CC1)C1CCc2ccccc21. The van der Waals surface area contributed by atoms with Crippen LogP contribution >= 0.6 is 0 Å². The van der Waals surface area contributed by atoms with Crippen molar-refractivity contribution in [2.75, 3.05) is 44.7 Å². The van der Waals surface area contributed by atoms with E-state index in [0.717, 1.165) is 51.5 Å². The number of aryl methyl sites for hydroxylation is 1. The molecule has 27 heavy (non-hydrogen) atoms. The Kier molecular flexibility index (Phi) is 5.34. The summed E-state index contributed by atoms with van der Waals surface area (Å²) in [6.07, 6.45) is 6.40. The van der Waals surface area contributed by atoms with Crippen molar-refractivity contribution in [1.29, 1.82) is 0 Å². The van der Waals surface area contributed by atoms with Crippen LogP contribution in [0.2, 0.25) is 0 Å². The summed E-state index contributed by atoms with van der Waals surface area (Å²) in [7, 11) is 2.14. The Labute approximate surface area is 160 Å². The van der Waals surface area contributed by atoms with E-state index in [1.807, 2.05) is 11.0 Å². The summed E-state index contributed by atoms with van der Waals surface area (Å²) < 4.78 is 0. The van der Waals surface area contributed by atoms with Gasteiger partial charge in [-0.05, 0) is 37.1 Å².